The van der Waals surface area contributed by atoms with E-state index < -0.39 is 22.0 Å². The number of hydrogen-bond donors (Lipinski definition) is 2. The van der Waals surface area contributed by atoms with Gasteiger partial charge in [0.15, 0.2) is 0 Å². The van der Waals surface area contributed by atoms with Crippen LogP contribution in [0.5, 0.6) is 0 Å². The SMILES string of the molecule is CCCCS(=O)(=O)NC(CC1CCN(C2CCCC3C2OC(=O)N3C2CCN(c3ccncc3)CC2)CC1)C(=O)O. The highest BCUT2D eigenvalue weighted by Gasteiger charge is 2.51. The number of pyridine rings is 1. The molecule has 1 aromatic heterocycles. The fraction of sp³-hybridized carbons (Fsp3) is 0.759. The van der Waals surface area contributed by atoms with Crippen molar-refractivity contribution in [1.82, 2.24) is 19.5 Å². The summed E-state index contributed by atoms with van der Waals surface area (Å²) < 4.78 is 33.2. The average Bonchev–Trinajstić information content (AvgIpc) is 3.32. The molecular formula is C29H45N5O6S. The van der Waals surface area contributed by atoms with Gasteiger partial charge in [-0.15, -0.1) is 0 Å². The number of carbonyl (C=O) groups excluding carboxylic acids is 1. The minimum atomic E-state index is -3.61. The van der Waals surface area contributed by atoms with Crippen molar-refractivity contribution in [1.29, 1.82) is 0 Å². The van der Waals surface area contributed by atoms with E-state index in [1.165, 1.54) is 5.69 Å². The van der Waals surface area contributed by atoms with Crippen LogP contribution in [-0.2, 0) is 19.6 Å². The van der Waals surface area contributed by atoms with E-state index in [4.69, 9.17) is 4.74 Å². The van der Waals surface area contributed by atoms with Crippen LogP contribution in [0.4, 0.5) is 10.5 Å². The van der Waals surface area contributed by atoms with Crippen LogP contribution in [0.15, 0.2) is 24.5 Å². The van der Waals surface area contributed by atoms with Gasteiger partial charge in [-0.25, -0.2) is 17.9 Å². The lowest BCUT2D eigenvalue weighted by molar-refractivity contribution is -0.139. The van der Waals surface area contributed by atoms with Gasteiger partial charge < -0.3 is 14.7 Å². The number of carboxylic acid groups (broad SMARTS) is 1. The Morgan fingerprint density at radius 1 is 1.07 bits per heavy atom. The van der Waals surface area contributed by atoms with E-state index in [0.29, 0.717) is 12.8 Å². The number of amides is 1. The number of unbranched alkanes of at least 4 members (excludes halogenated alkanes) is 1. The average molecular weight is 592 g/mol. The maximum absolute atomic E-state index is 13.2. The number of aromatic nitrogens is 1. The number of hydrogen-bond acceptors (Lipinski definition) is 8. The number of anilines is 1. The third-order valence-corrected chi connectivity index (χ3v) is 11.0. The molecule has 0 bridgehead atoms. The Morgan fingerprint density at radius 3 is 2.41 bits per heavy atom. The maximum Gasteiger partial charge on any atom is 0.410 e. The van der Waals surface area contributed by atoms with Crippen LogP contribution < -0.4 is 9.62 Å². The van der Waals surface area contributed by atoms with Gasteiger partial charge in [0.2, 0.25) is 10.0 Å². The van der Waals surface area contributed by atoms with E-state index in [9.17, 15) is 23.1 Å². The zero-order chi connectivity index (χ0) is 29.0. The lowest BCUT2D eigenvalue weighted by atomic mass is 9.83. The van der Waals surface area contributed by atoms with Gasteiger partial charge in [-0.2, -0.15) is 0 Å². The topological polar surface area (TPSA) is 132 Å². The molecule has 5 rings (SSSR count). The quantitative estimate of drug-likeness (QED) is 0.398. The van der Waals surface area contributed by atoms with Crippen LogP contribution in [0.1, 0.15) is 71.1 Å². The van der Waals surface area contributed by atoms with E-state index in [0.717, 1.165) is 77.5 Å². The molecule has 3 aliphatic heterocycles. The minimum absolute atomic E-state index is 0.0461. The first-order valence-electron chi connectivity index (χ1n) is 15.4. The van der Waals surface area contributed by atoms with Crippen molar-refractivity contribution in [2.24, 2.45) is 5.92 Å². The van der Waals surface area contributed by atoms with E-state index in [-0.39, 0.29) is 42.0 Å². The van der Waals surface area contributed by atoms with Crippen LogP contribution in [-0.4, -0.2) is 103 Å². The number of ether oxygens (including phenoxy) is 1. The normalized spacial score (nSPS) is 27.4. The van der Waals surface area contributed by atoms with Gasteiger partial charge in [-0.3, -0.25) is 19.6 Å². The number of carbonyl (C=O) groups is 2. The second-order valence-corrected chi connectivity index (χ2v) is 14.0. The van der Waals surface area contributed by atoms with Gasteiger partial charge in [0.1, 0.15) is 12.1 Å². The van der Waals surface area contributed by atoms with Crippen molar-refractivity contribution in [3.05, 3.63) is 24.5 Å². The summed E-state index contributed by atoms with van der Waals surface area (Å²) in [6.45, 7) is 5.31. The van der Waals surface area contributed by atoms with Gasteiger partial charge >= 0.3 is 12.1 Å². The number of nitrogens with one attached hydrogen (secondary N) is 1. The molecule has 1 amide bonds. The summed E-state index contributed by atoms with van der Waals surface area (Å²) >= 11 is 0. The number of likely N-dealkylation sites (tertiary alicyclic amines) is 1. The molecule has 0 radical (unpaired) electrons. The minimum Gasteiger partial charge on any atom is -0.480 e. The van der Waals surface area contributed by atoms with Crippen molar-refractivity contribution < 1.29 is 27.9 Å². The Hall–Kier alpha value is -2.44. The van der Waals surface area contributed by atoms with E-state index in [1.807, 2.05) is 31.5 Å². The van der Waals surface area contributed by atoms with E-state index in [2.05, 4.69) is 24.4 Å². The van der Waals surface area contributed by atoms with Crippen molar-refractivity contribution in [2.45, 2.75) is 101 Å². The second kappa shape index (κ2) is 13.2. The van der Waals surface area contributed by atoms with Crippen LogP contribution in [0, 0.1) is 5.92 Å². The Balaban J connectivity index is 1.14. The molecule has 228 valence electrons. The zero-order valence-corrected chi connectivity index (χ0v) is 24.9. The first-order valence-corrected chi connectivity index (χ1v) is 17.0. The Morgan fingerprint density at radius 2 is 1.76 bits per heavy atom. The number of sulfonamides is 1. The van der Waals surface area contributed by atoms with Crippen molar-refractivity contribution in [3.63, 3.8) is 0 Å². The Bertz CT molecular complexity index is 1140. The van der Waals surface area contributed by atoms with Crippen LogP contribution in [0.2, 0.25) is 0 Å². The number of carboxylic acids is 1. The number of aliphatic carboxylic acids is 1. The number of rotatable bonds is 11. The molecule has 4 fully saturated rings. The lowest BCUT2D eigenvalue weighted by Gasteiger charge is -2.45. The van der Waals surface area contributed by atoms with Gasteiger partial charge in [0.05, 0.1) is 11.8 Å². The molecule has 1 aliphatic carbocycles. The van der Waals surface area contributed by atoms with Crippen LogP contribution >= 0.6 is 0 Å². The summed E-state index contributed by atoms with van der Waals surface area (Å²) in [5.74, 6) is -1.03. The van der Waals surface area contributed by atoms with Gasteiger partial charge in [-0.1, -0.05) is 13.3 Å². The third kappa shape index (κ3) is 7.14. The summed E-state index contributed by atoms with van der Waals surface area (Å²) in [5.41, 5.74) is 1.17. The highest BCUT2D eigenvalue weighted by molar-refractivity contribution is 7.89. The molecule has 4 heterocycles. The van der Waals surface area contributed by atoms with Crippen molar-refractivity contribution in [3.8, 4) is 0 Å². The monoisotopic (exact) mass is 591 g/mol. The maximum atomic E-state index is 13.2. The summed E-state index contributed by atoms with van der Waals surface area (Å²) in [7, 11) is -3.61. The van der Waals surface area contributed by atoms with Gasteiger partial charge in [0.25, 0.3) is 0 Å². The molecular weight excluding hydrogens is 546 g/mol. The predicted molar refractivity (Wildman–Crippen MR) is 155 cm³/mol. The molecule has 41 heavy (non-hydrogen) atoms. The second-order valence-electron chi connectivity index (χ2n) is 12.1. The summed E-state index contributed by atoms with van der Waals surface area (Å²) in [6, 6.07) is 3.43. The fourth-order valence-corrected chi connectivity index (χ4v) is 8.74. The molecule has 3 saturated heterocycles. The van der Waals surface area contributed by atoms with E-state index >= 15 is 0 Å². The van der Waals surface area contributed by atoms with Gasteiger partial charge in [-0.05, 0) is 88.9 Å². The predicted octanol–water partition coefficient (Wildman–Crippen LogP) is 3.07. The Kier molecular flexibility index (Phi) is 9.70. The highest BCUT2D eigenvalue weighted by atomic mass is 32.2. The molecule has 4 unspecified atom stereocenters. The standard InChI is InChI=1S/C29H45N5O6S/c1-2-3-19-41(38,39)31-24(28(35)36)20-21-9-15-33(16-10-21)25-5-4-6-26-27(25)40-29(37)34(26)23-11-17-32(18-12-23)22-7-13-30-14-8-22/h7-8,13-14,21,23-27,31H,2-6,9-12,15-20H2,1H3,(H,35,36). The largest absolute Gasteiger partial charge is 0.480 e. The summed E-state index contributed by atoms with van der Waals surface area (Å²) in [5, 5.41) is 9.69. The first-order chi connectivity index (χ1) is 19.8. The molecule has 1 saturated carbocycles. The van der Waals surface area contributed by atoms with Crippen LogP contribution in [0.25, 0.3) is 0 Å². The smallest absolute Gasteiger partial charge is 0.410 e. The van der Waals surface area contributed by atoms with E-state index in [1.54, 1.807) is 0 Å². The lowest BCUT2D eigenvalue weighted by Crippen LogP contribution is -2.56. The molecule has 12 heteroatoms. The third-order valence-electron chi connectivity index (χ3n) is 9.52. The molecule has 4 atom stereocenters. The number of piperidine rings is 2. The number of nitrogens with zero attached hydrogens (tertiary/aromatic N) is 4. The first kappa shape index (κ1) is 30.0. The molecule has 0 spiro atoms. The van der Waals surface area contributed by atoms with Crippen LogP contribution in [0.3, 0.4) is 0 Å². The molecule has 2 N–H and O–H groups in total. The summed E-state index contributed by atoms with van der Waals surface area (Å²) in [4.78, 5) is 36.0. The van der Waals surface area contributed by atoms with Gasteiger partial charge in [0, 0.05) is 43.3 Å². The highest BCUT2D eigenvalue weighted by Crippen LogP contribution is 2.39. The Labute approximate surface area is 243 Å². The molecule has 0 aromatic carbocycles. The molecule has 1 aromatic rings. The molecule has 11 nitrogen and oxygen atoms in total. The number of fused-ring (bicyclic) bond motifs is 1. The van der Waals surface area contributed by atoms with Crippen molar-refractivity contribution >= 4 is 27.8 Å². The fourth-order valence-electron chi connectivity index (χ4n) is 7.32. The summed E-state index contributed by atoms with van der Waals surface area (Å²) in [6.07, 6.45) is 11.3. The molecule has 4 aliphatic rings. The van der Waals surface area contributed by atoms with Crippen molar-refractivity contribution in [2.75, 3.05) is 36.8 Å². The zero-order valence-electron chi connectivity index (χ0n) is 24.1.